The van der Waals surface area contributed by atoms with Crippen LogP contribution in [0.3, 0.4) is 0 Å². The van der Waals surface area contributed by atoms with E-state index in [9.17, 15) is 24.6 Å². The predicted molar refractivity (Wildman–Crippen MR) is 126 cm³/mol. The summed E-state index contributed by atoms with van der Waals surface area (Å²) in [6.45, 7) is 3.82. The number of allylic oxidation sites excluding steroid dienone is 4. The molecule has 0 amide bonds. The van der Waals surface area contributed by atoms with Gasteiger partial charge in [-0.3, -0.25) is 4.79 Å². The van der Waals surface area contributed by atoms with Crippen molar-refractivity contribution in [3.05, 3.63) is 23.8 Å². The van der Waals surface area contributed by atoms with E-state index in [1.165, 1.54) is 19.1 Å². The molecule has 4 aliphatic rings. The normalized spacial score (nSPS) is 45.4. The van der Waals surface area contributed by atoms with E-state index >= 15 is 8.78 Å². The maximum atomic E-state index is 17.3. The first-order valence-electron chi connectivity index (χ1n) is 12.0. The monoisotopic (exact) mass is 550 g/mol. The third-order valence-electron chi connectivity index (χ3n) is 9.24. The zero-order valence-electron chi connectivity index (χ0n) is 20.2. The van der Waals surface area contributed by atoms with Crippen LogP contribution in [0.2, 0.25) is 0 Å². The lowest BCUT2D eigenvalue weighted by atomic mass is 9.44. The highest BCUT2D eigenvalue weighted by molar-refractivity contribution is 6.53. The zero-order valence-corrected chi connectivity index (χ0v) is 21.7. The Kier molecular flexibility index (Phi) is 6.90. The smallest absolute Gasteiger partial charge is 0.351 e. The van der Waals surface area contributed by atoms with E-state index in [4.69, 9.17) is 32.7 Å². The minimum absolute atomic E-state index is 0.0189. The lowest BCUT2D eigenvalue weighted by molar-refractivity contribution is -0.239. The highest BCUT2D eigenvalue weighted by Crippen LogP contribution is 2.71. The molecule has 4 aliphatic carbocycles. The van der Waals surface area contributed by atoms with Crippen LogP contribution in [-0.4, -0.2) is 69.5 Å². The van der Waals surface area contributed by atoms with Crippen LogP contribution in [0.1, 0.15) is 40.0 Å². The fourth-order valence-electron chi connectivity index (χ4n) is 7.67. The van der Waals surface area contributed by atoms with Crippen LogP contribution in [0.5, 0.6) is 0 Å². The summed E-state index contributed by atoms with van der Waals surface area (Å²) in [4.78, 5) is 36.4. The molecule has 0 aromatic rings. The van der Waals surface area contributed by atoms with E-state index in [0.717, 1.165) is 6.08 Å². The molecule has 9 atom stereocenters. The largest absolute Gasteiger partial charge is 0.460 e. The first kappa shape index (κ1) is 27.5. The van der Waals surface area contributed by atoms with E-state index in [-0.39, 0.29) is 31.4 Å². The van der Waals surface area contributed by atoms with Crippen LogP contribution in [0.15, 0.2) is 23.8 Å². The van der Waals surface area contributed by atoms with Gasteiger partial charge >= 0.3 is 11.9 Å². The molecule has 0 bridgehead atoms. The number of halogens is 4. The standard InChI is InChI=1S/C25H30Cl2F2O7/c1-12-8-14-15-10-17(28)16-9-13(31)4-5-22(16,2)24(15,29)18(32)11-23(14,3)25(12,21(34)35-7-6-30)36-20(33)19(26)27/h4-5,9,12,14-15,17-19,30,32H,6-8,10-11H2,1-3H3/t12-,14-,15-,17-,18-,22-,23-,24-,25+/m0/s1. The van der Waals surface area contributed by atoms with Gasteiger partial charge in [0.05, 0.1) is 12.7 Å². The molecule has 0 saturated heterocycles. The van der Waals surface area contributed by atoms with Gasteiger partial charge in [0.2, 0.25) is 10.4 Å². The molecule has 200 valence electrons. The average molecular weight is 551 g/mol. The molecule has 36 heavy (non-hydrogen) atoms. The number of ketones is 1. The van der Waals surface area contributed by atoms with Crippen LogP contribution in [-0.2, 0) is 23.9 Å². The Labute approximate surface area is 217 Å². The lowest BCUT2D eigenvalue weighted by Gasteiger charge is -2.63. The quantitative estimate of drug-likeness (QED) is 0.399. The van der Waals surface area contributed by atoms with Crippen LogP contribution in [0.25, 0.3) is 0 Å². The number of esters is 2. The summed E-state index contributed by atoms with van der Waals surface area (Å²) in [5.74, 6) is -5.09. The van der Waals surface area contributed by atoms with Crippen molar-refractivity contribution < 1.29 is 42.9 Å². The van der Waals surface area contributed by atoms with E-state index < -0.39 is 81.3 Å². The Morgan fingerprint density at radius 3 is 2.53 bits per heavy atom. The van der Waals surface area contributed by atoms with Crippen molar-refractivity contribution in [2.45, 2.75) is 68.4 Å². The zero-order chi connectivity index (χ0) is 26.8. The van der Waals surface area contributed by atoms with Crippen molar-refractivity contribution in [2.24, 2.45) is 28.6 Å². The van der Waals surface area contributed by atoms with Crippen molar-refractivity contribution in [3.63, 3.8) is 0 Å². The van der Waals surface area contributed by atoms with E-state index in [2.05, 4.69) is 0 Å². The molecule has 0 aliphatic heterocycles. The highest BCUT2D eigenvalue weighted by atomic mass is 35.5. The summed E-state index contributed by atoms with van der Waals surface area (Å²) >= 11 is 11.5. The Bertz CT molecular complexity index is 1030. The number of alkyl halides is 4. The van der Waals surface area contributed by atoms with Crippen LogP contribution in [0.4, 0.5) is 8.78 Å². The molecule has 3 fully saturated rings. The maximum absolute atomic E-state index is 17.3. The van der Waals surface area contributed by atoms with Crippen molar-refractivity contribution in [2.75, 3.05) is 13.2 Å². The van der Waals surface area contributed by atoms with Crippen molar-refractivity contribution in [3.8, 4) is 0 Å². The first-order valence-corrected chi connectivity index (χ1v) is 12.8. The second kappa shape index (κ2) is 9.03. The molecular weight excluding hydrogens is 521 g/mol. The minimum atomic E-state index is -2.36. The van der Waals surface area contributed by atoms with Gasteiger partial charge in [-0.15, -0.1) is 0 Å². The molecule has 0 aromatic carbocycles. The van der Waals surface area contributed by atoms with Crippen LogP contribution in [0, 0.1) is 28.6 Å². The first-order chi connectivity index (χ1) is 16.7. The van der Waals surface area contributed by atoms with Gasteiger partial charge in [0, 0.05) is 22.7 Å². The summed E-state index contributed by atoms with van der Waals surface area (Å²) in [5.41, 5.74) is -7.38. The number of carbonyl (C=O) groups is 3. The Morgan fingerprint density at radius 1 is 1.25 bits per heavy atom. The van der Waals surface area contributed by atoms with Crippen molar-refractivity contribution >= 4 is 40.9 Å². The molecule has 0 radical (unpaired) electrons. The van der Waals surface area contributed by atoms with Gasteiger partial charge in [-0.05, 0) is 49.8 Å². The number of fused-ring (bicyclic) bond motifs is 5. The SMILES string of the molecule is C[C@H]1C[C@H]2[C@@H]3C[C@H](F)C4=CC(=O)C=C[C@]4(C)[C@@]3(F)[C@@H](O)C[C@]2(C)[C@]1(OC(=O)C(Cl)Cl)C(=O)OCCO. The minimum Gasteiger partial charge on any atom is -0.460 e. The van der Waals surface area contributed by atoms with E-state index in [0.29, 0.717) is 0 Å². The summed E-state index contributed by atoms with van der Waals surface area (Å²) in [6, 6.07) is 0. The Hall–Kier alpha value is -1.55. The molecule has 4 rings (SSSR count). The van der Waals surface area contributed by atoms with Gasteiger partial charge in [0.15, 0.2) is 11.5 Å². The molecular formula is C25H30Cl2F2O7. The second-order valence-electron chi connectivity index (χ2n) is 10.8. The Balaban J connectivity index is 1.86. The number of hydrogen-bond acceptors (Lipinski definition) is 7. The predicted octanol–water partition coefficient (Wildman–Crippen LogP) is 3.17. The molecule has 7 nitrogen and oxygen atoms in total. The van der Waals surface area contributed by atoms with Gasteiger partial charge in [-0.1, -0.05) is 43.1 Å². The Morgan fingerprint density at radius 2 is 1.92 bits per heavy atom. The van der Waals surface area contributed by atoms with Crippen molar-refractivity contribution in [1.82, 2.24) is 0 Å². The summed E-state index contributed by atoms with van der Waals surface area (Å²) in [5, 5.41) is 20.6. The van der Waals surface area contributed by atoms with Crippen LogP contribution < -0.4 is 0 Å². The number of ether oxygens (including phenoxy) is 2. The molecule has 0 spiro atoms. The summed E-state index contributed by atoms with van der Waals surface area (Å²) in [7, 11) is 0. The number of aliphatic hydroxyl groups excluding tert-OH is 2. The topological polar surface area (TPSA) is 110 Å². The van der Waals surface area contributed by atoms with Crippen molar-refractivity contribution in [1.29, 1.82) is 0 Å². The lowest BCUT2D eigenvalue weighted by Crippen LogP contribution is -2.71. The third kappa shape index (κ3) is 3.45. The van der Waals surface area contributed by atoms with Gasteiger partial charge in [-0.25, -0.2) is 18.4 Å². The highest BCUT2D eigenvalue weighted by Gasteiger charge is 2.78. The second-order valence-corrected chi connectivity index (χ2v) is 11.9. The molecule has 0 heterocycles. The van der Waals surface area contributed by atoms with Gasteiger partial charge < -0.3 is 19.7 Å². The van der Waals surface area contributed by atoms with Gasteiger partial charge in [0.25, 0.3) is 0 Å². The fourth-order valence-corrected chi connectivity index (χ4v) is 7.76. The maximum Gasteiger partial charge on any atom is 0.351 e. The third-order valence-corrected chi connectivity index (χ3v) is 9.59. The van der Waals surface area contributed by atoms with Gasteiger partial charge in [-0.2, -0.15) is 0 Å². The molecule has 2 N–H and O–H groups in total. The number of rotatable bonds is 5. The number of hydrogen-bond donors (Lipinski definition) is 2. The van der Waals surface area contributed by atoms with E-state index in [1.807, 2.05) is 0 Å². The molecule has 0 aromatic heterocycles. The van der Waals surface area contributed by atoms with E-state index in [1.54, 1.807) is 13.8 Å². The summed E-state index contributed by atoms with van der Waals surface area (Å²) < 4.78 is 43.8. The van der Waals surface area contributed by atoms with Gasteiger partial charge in [0.1, 0.15) is 12.8 Å². The van der Waals surface area contributed by atoms with Crippen LogP contribution >= 0.6 is 23.2 Å². The number of carbonyl (C=O) groups excluding carboxylic acids is 3. The molecule has 11 heteroatoms. The number of aliphatic hydroxyl groups is 2. The molecule has 3 saturated carbocycles. The fraction of sp³-hybridized carbons (Fsp3) is 0.720. The molecule has 0 unspecified atom stereocenters. The average Bonchev–Trinajstić information content (AvgIpc) is 3.02. The summed E-state index contributed by atoms with van der Waals surface area (Å²) in [6.07, 6.45) is -0.268.